The van der Waals surface area contributed by atoms with Crippen LogP contribution in [0.4, 0.5) is 0 Å². The van der Waals surface area contributed by atoms with Crippen LogP contribution < -0.4 is 0 Å². The smallest absolute Gasteiger partial charge is 0.329 e. The molecule has 138 valence electrons. The lowest BCUT2D eigenvalue weighted by atomic mass is 9.80. The van der Waals surface area contributed by atoms with Crippen LogP contribution >= 0.6 is 0 Å². The van der Waals surface area contributed by atoms with Crippen LogP contribution in [0.25, 0.3) is 0 Å². The number of carbonyl (C=O) groups is 2. The molecule has 0 spiro atoms. The molecule has 1 saturated carbocycles. The molecule has 0 bridgehead atoms. The Kier molecular flexibility index (Phi) is 5.84. The molecular formula is C17H24N2O5S. The highest BCUT2D eigenvalue weighted by molar-refractivity contribution is 7.89. The van der Waals surface area contributed by atoms with E-state index in [1.807, 2.05) is 0 Å². The number of amides is 1. The van der Waals surface area contributed by atoms with Gasteiger partial charge in [-0.15, -0.1) is 0 Å². The average molecular weight is 368 g/mol. The van der Waals surface area contributed by atoms with Gasteiger partial charge in [-0.3, -0.25) is 4.79 Å². The Morgan fingerprint density at radius 3 is 2.16 bits per heavy atom. The molecular weight excluding hydrogens is 344 g/mol. The second kappa shape index (κ2) is 7.53. The number of nitrogens with zero attached hydrogens (tertiary/aromatic N) is 2. The number of carbonyl (C=O) groups excluding carboxylic acids is 1. The average Bonchev–Trinajstić information content (AvgIpc) is 2.62. The quantitative estimate of drug-likeness (QED) is 0.822. The van der Waals surface area contributed by atoms with Crippen LogP contribution in [0.2, 0.25) is 0 Å². The standard InChI is InChI=1S/C17H24N2O5S/c1-18(25(23,24)14-9-5-3-6-10-14)13-15(20)19(2)17(16(21)22)11-7-4-8-12-17/h3,5-6,9-10H,4,7-8,11-13H2,1-2H3,(H,21,22). The van der Waals surface area contributed by atoms with Gasteiger partial charge in [-0.1, -0.05) is 37.5 Å². The van der Waals surface area contributed by atoms with E-state index in [9.17, 15) is 23.1 Å². The number of benzene rings is 1. The maximum Gasteiger partial charge on any atom is 0.329 e. The van der Waals surface area contributed by atoms with E-state index in [-0.39, 0.29) is 4.90 Å². The molecule has 1 aliphatic carbocycles. The molecule has 0 aromatic heterocycles. The predicted octanol–water partition coefficient (Wildman–Crippen LogP) is 1.55. The molecule has 1 aliphatic rings. The molecule has 1 N–H and O–H groups in total. The van der Waals surface area contributed by atoms with E-state index in [0.29, 0.717) is 12.8 Å². The summed E-state index contributed by atoms with van der Waals surface area (Å²) in [6.07, 6.45) is 3.20. The van der Waals surface area contributed by atoms with Gasteiger partial charge in [0.2, 0.25) is 15.9 Å². The zero-order chi connectivity index (χ0) is 18.7. The van der Waals surface area contributed by atoms with Gasteiger partial charge < -0.3 is 10.0 Å². The van der Waals surface area contributed by atoms with Gasteiger partial charge in [-0.2, -0.15) is 4.31 Å². The van der Waals surface area contributed by atoms with Gasteiger partial charge in [-0.05, 0) is 25.0 Å². The first-order chi connectivity index (χ1) is 11.7. The fourth-order valence-electron chi connectivity index (χ4n) is 3.22. The summed E-state index contributed by atoms with van der Waals surface area (Å²) in [5, 5.41) is 9.65. The first kappa shape index (κ1) is 19.4. The predicted molar refractivity (Wildman–Crippen MR) is 92.5 cm³/mol. The zero-order valence-corrected chi connectivity index (χ0v) is 15.3. The topological polar surface area (TPSA) is 95.0 Å². The number of carboxylic acid groups (broad SMARTS) is 1. The monoisotopic (exact) mass is 368 g/mol. The largest absolute Gasteiger partial charge is 0.479 e. The molecule has 1 aromatic rings. The molecule has 7 nitrogen and oxygen atoms in total. The van der Waals surface area contributed by atoms with Crippen molar-refractivity contribution in [3.8, 4) is 0 Å². The lowest BCUT2D eigenvalue weighted by Crippen LogP contribution is -2.58. The summed E-state index contributed by atoms with van der Waals surface area (Å²) in [4.78, 5) is 25.7. The van der Waals surface area contributed by atoms with E-state index in [2.05, 4.69) is 0 Å². The van der Waals surface area contributed by atoms with Crippen LogP contribution in [0.3, 0.4) is 0 Å². The normalized spacial score (nSPS) is 17.2. The van der Waals surface area contributed by atoms with Gasteiger partial charge in [0, 0.05) is 14.1 Å². The summed E-state index contributed by atoms with van der Waals surface area (Å²) < 4.78 is 26.0. The number of hydrogen-bond donors (Lipinski definition) is 1. The molecule has 1 aromatic carbocycles. The first-order valence-electron chi connectivity index (χ1n) is 8.23. The third-order valence-electron chi connectivity index (χ3n) is 4.90. The molecule has 0 atom stereocenters. The molecule has 2 rings (SSSR count). The number of aliphatic carboxylic acids is 1. The Morgan fingerprint density at radius 2 is 1.64 bits per heavy atom. The second-order valence-corrected chi connectivity index (χ2v) is 8.47. The Balaban J connectivity index is 2.16. The first-order valence-corrected chi connectivity index (χ1v) is 9.67. The highest BCUT2D eigenvalue weighted by Crippen LogP contribution is 2.33. The van der Waals surface area contributed by atoms with Crippen molar-refractivity contribution in [1.29, 1.82) is 0 Å². The van der Waals surface area contributed by atoms with Gasteiger partial charge in [0.15, 0.2) is 0 Å². The van der Waals surface area contributed by atoms with Crippen molar-refractivity contribution in [3.63, 3.8) is 0 Å². The van der Waals surface area contributed by atoms with Gasteiger partial charge in [0.25, 0.3) is 0 Å². The van der Waals surface area contributed by atoms with Crippen LogP contribution in [-0.4, -0.2) is 60.8 Å². The van der Waals surface area contributed by atoms with E-state index < -0.39 is 34.0 Å². The third kappa shape index (κ3) is 3.85. The molecule has 0 unspecified atom stereocenters. The van der Waals surface area contributed by atoms with Crippen molar-refractivity contribution in [2.75, 3.05) is 20.6 Å². The zero-order valence-electron chi connectivity index (χ0n) is 14.5. The summed E-state index contributed by atoms with van der Waals surface area (Å²) in [6.45, 7) is -0.400. The highest BCUT2D eigenvalue weighted by Gasteiger charge is 2.45. The summed E-state index contributed by atoms with van der Waals surface area (Å²) in [7, 11) is -1.03. The minimum Gasteiger partial charge on any atom is -0.479 e. The minimum absolute atomic E-state index is 0.0959. The number of likely N-dealkylation sites (N-methyl/N-ethyl adjacent to an activating group) is 2. The van der Waals surface area contributed by atoms with Crippen molar-refractivity contribution < 1.29 is 23.1 Å². The summed E-state index contributed by atoms with van der Waals surface area (Å²) in [5.74, 6) is -1.55. The maximum absolute atomic E-state index is 12.6. The lowest BCUT2D eigenvalue weighted by molar-refractivity contribution is -0.160. The van der Waals surface area contributed by atoms with Gasteiger partial charge in [0.05, 0.1) is 11.4 Å². The van der Waals surface area contributed by atoms with Crippen molar-refractivity contribution in [2.45, 2.75) is 42.5 Å². The third-order valence-corrected chi connectivity index (χ3v) is 6.72. The Morgan fingerprint density at radius 1 is 1.08 bits per heavy atom. The minimum atomic E-state index is -3.80. The number of rotatable bonds is 6. The van der Waals surface area contributed by atoms with E-state index in [0.717, 1.165) is 23.6 Å². The second-order valence-electron chi connectivity index (χ2n) is 6.42. The van der Waals surface area contributed by atoms with Crippen LogP contribution in [0.15, 0.2) is 35.2 Å². The van der Waals surface area contributed by atoms with Crippen LogP contribution in [0.5, 0.6) is 0 Å². The molecule has 0 saturated heterocycles. The Hall–Kier alpha value is -1.93. The molecule has 1 amide bonds. The lowest BCUT2D eigenvalue weighted by Gasteiger charge is -2.41. The molecule has 25 heavy (non-hydrogen) atoms. The Labute approximate surface area is 148 Å². The fourth-order valence-corrected chi connectivity index (χ4v) is 4.36. The SMILES string of the molecule is CN(C(=O)CN(C)S(=O)(=O)c1ccccc1)C1(C(=O)O)CCCCC1. The number of carboxylic acids is 1. The van der Waals surface area contributed by atoms with Crippen molar-refractivity contribution in [1.82, 2.24) is 9.21 Å². The highest BCUT2D eigenvalue weighted by atomic mass is 32.2. The molecule has 0 aliphatic heterocycles. The number of sulfonamides is 1. The summed E-state index contributed by atoms with van der Waals surface area (Å²) >= 11 is 0. The van der Waals surface area contributed by atoms with E-state index in [1.165, 1.54) is 31.1 Å². The molecule has 8 heteroatoms. The summed E-state index contributed by atoms with van der Waals surface area (Å²) in [5.41, 5.74) is -1.24. The van der Waals surface area contributed by atoms with Crippen LogP contribution in [0.1, 0.15) is 32.1 Å². The number of hydrogen-bond acceptors (Lipinski definition) is 4. The van der Waals surface area contributed by atoms with E-state index in [4.69, 9.17) is 0 Å². The maximum atomic E-state index is 12.6. The van der Waals surface area contributed by atoms with Gasteiger partial charge in [-0.25, -0.2) is 13.2 Å². The van der Waals surface area contributed by atoms with E-state index in [1.54, 1.807) is 18.2 Å². The molecule has 0 heterocycles. The van der Waals surface area contributed by atoms with Crippen LogP contribution in [-0.2, 0) is 19.6 Å². The molecule has 1 fully saturated rings. The van der Waals surface area contributed by atoms with Gasteiger partial charge >= 0.3 is 5.97 Å². The Bertz CT molecular complexity index is 727. The van der Waals surface area contributed by atoms with E-state index >= 15 is 0 Å². The van der Waals surface area contributed by atoms with Crippen molar-refractivity contribution in [2.24, 2.45) is 0 Å². The van der Waals surface area contributed by atoms with Gasteiger partial charge in [0.1, 0.15) is 5.54 Å². The van der Waals surface area contributed by atoms with Crippen molar-refractivity contribution in [3.05, 3.63) is 30.3 Å². The van der Waals surface area contributed by atoms with Crippen molar-refractivity contribution >= 4 is 21.9 Å². The summed E-state index contributed by atoms with van der Waals surface area (Å²) in [6, 6.07) is 7.84. The van der Waals surface area contributed by atoms with Crippen LogP contribution in [0, 0.1) is 0 Å². The molecule has 0 radical (unpaired) electrons. The fraction of sp³-hybridized carbons (Fsp3) is 0.529.